The minimum Gasteiger partial charge on any atom is -0.385 e. The number of allylic oxidation sites excluding steroid dienone is 3. The van der Waals surface area contributed by atoms with Crippen molar-refractivity contribution in [3.8, 4) is 0 Å². The number of Topliss-reactive ketones (excluding diaryl/α,β-unsaturated/α-hetero) is 1. The van der Waals surface area contributed by atoms with Gasteiger partial charge in [-0.3, -0.25) is 4.79 Å². The van der Waals surface area contributed by atoms with Gasteiger partial charge in [0.2, 0.25) is 0 Å². The fraction of sp³-hybridized carbons (Fsp3) is 0.552. The first kappa shape index (κ1) is 20.9. The maximum Gasteiger partial charge on any atom is 0.139 e. The Morgan fingerprint density at radius 1 is 1.26 bits per heavy atom. The molecule has 2 heteroatoms. The normalized spacial score (nSPS) is 40.2. The van der Waals surface area contributed by atoms with Crippen LogP contribution in [0.15, 0.2) is 66.3 Å². The molecule has 0 bridgehead atoms. The quantitative estimate of drug-likeness (QED) is 0.605. The van der Waals surface area contributed by atoms with Crippen molar-refractivity contribution in [2.75, 3.05) is 0 Å². The number of hydrogen-bond donors (Lipinski definition) is 1. The van der Waals surface area contributed by atoms with Gasteiger partial charge in [0.1, 0.15) is 5.78 Å². The minimum atomic E-state index is -0.778. The van der Waals surface area contributed by atoms with E-state index in [9.17, 15) is 9.90 Å². The summed E-state index contributed by atoms with van der Waals surface area (Å²) in [6.45, 7) is 8.55. The molecule has 31 heavy (non-hydrogen) atoms. The molecule has 0 aliphatic heterocycles. The molecule has 1 N–H and O–H groups in total. The van der Waals surface area contributed by atoms with E-state index in [4.69, 9.17) is 0 Å². The van der Waals surface area contributed by atoms with Crippen LogP contribution in [0.3, 0.4) is 0 Å². The van der Waals surface area contributed by atoms with Crippen molar-refractivity contribution >= 4 is 5.78 Å². The molecule has 5 rings (SSSR count). The Morgan fingerprint density at radius 3 is 2.77 bits per heavy atom. The zero-order chi connectivity index (χ0) is 21.8. The molecular weight excluding hydrogens is 380 g/mol. The van der Waals surface area contributed by atoms with E-state index in [1.165, 1.54) is 16.7 Å². The highest BCUT2D eigenvalue weighted by molar-refractivity contribution is 5.87. The molecule has 4 aliphatic rings. The van der Waals surface area contributed by atoms with Gasteiger partial charge < -0.3 is 5.11 Å². The molecule has 4 aliphatic carbocycles. The average molecular weight is 417 g/mol. The van der Waals surface area contributed by atoms with Crippen LogP contribution in [-0.2, 0) is 11.2 Å². The van der Waals surface area contributed by atoms with E-state index in [1.54, 1.807) is 0 Å². The third-order valence-electron chi connectivity index (χ3n) is 9.24. The fourth-order valence-corrected chi connectivity index (χ4v) is 7.59. The van der Waals surface area contributed by atoms with E-state index < -0.39 is 5.60 Å². The fourth-order valence-electron chi connectivity index (χ4n) is 7.59. The lowest BCUT2D eigenvalue weighted by atomic mass is 9.52. The molecule has 0 radical (unpaired) electrons. The van der Waals surface area contributed by atoms with Crippen molar-refractivity contribution in [3.05, 3.63) is 71.8 Å². The lowest BCUT2D eigenvalue weighted by molar-refractivity contribution is -0.129. The molecule has 0 saturated heterocycles. The van der Waals surface area contributed by atoms with Crippen LogP contribution in [0.5, 0.6) is 0 Å². The van der Waals surface area contributed by atoms with Gasteiger partial charge in [-0.2, -0.15) is 0 Å². The summed E-state index contributed by atoms with van der Waals surface area (Å²) in [5, 5.41) is 11.4. The highest BCUT2D eigenvalue weighted by Crippen LogP contribution is 2.63. The van der Waals surface area contributed by atoms with Crippen LogP contribution in [0.4, 0.5) is 0 Å². The molecule has 1 aromatic carbocycles. The van der Waals surface area contributed by atoms with Gasteiger partial charge in [-0.15, -0.1) is 6.58 Å². The Hall–Kier alpha value is -1.93. The summed E-state index contributed by atoms with van der Waals surface area (Å²) in [5.74, 6) is 2.92. The van der Waals surface area contributed by atoms with Gasteiger partial charge in [0, 0.05) is 18.3 Å². The molecular formula is C29H36O2. The number of aliphatic hydroxyl groups is 1. The number of carbonyl (C=O) groups excluding carboxylic acids is 1. The van der Waals surface area contributed by atoms with Gasteiger partial charge >= 0.3 is 0 Å². The van der Waals surface area contributed by atoms with Crippen LogP contribution in [-0.4, -0.2) is 16.5 Å². The highest BCUT2D eigenvalue weighted by atomic mass is 16.3. The molecule has 3 saturated carbocycles. The molecule has 0 aromatic heterocycles. The second-order valence-corrected chi connectivity index (χ2v) is 11.0. The van der Waals surface area contributed by atoms with Crippen molar-refractivity contribution in [2.45, 2.75) is 64.4 Å². The summed E-state index contributed by atoms with van der Waals surface area (Å²) in [6.07, 6.45) is 13.0. The zero-order valence-corrected chi connectivity index (χ0v) is 19.0. The van der Waals surface area contributed by atoms with E-state index in [2.05, 4.69) is 50.8 Å². The standard InChI is InChI=1S/C29H36O2/c1-4-19(2)25-16-26(30)28(3)14-12-23-22-13-15-29(31,17-20-8-6-5-7-9-20)18-21(22)10-11-24(23)27(25)28/h4-9,13,18-19,23-25,27,31H,1,10-12,14-17H2,2-3H3/t19?,23-,24-,25+,27-,28-,29?/m1/s1. The Morgan fingerprint density at radius 2 is 2.03 bits per heavy atom. The summed E-state index contributed by atoms with van der Waals surface area (Å²) in [4.78, 5) is 13.1. The van der Waals surface area contributed by atoms with Crippen molar-refractivity contribution < 1.29 is 9.90 Å². The number of ketones is 1. The summed E-state index contributed by atoms with van der Waals surface area (Å²) in [5.41, 5.74) is 3.12. The Kier molecular flexibility index (Phi) is 5.13. The lowest BCUT2D eigenvalue weighted by Crippen LogP contribution is -2.47. The Balaban J connectivity index is 1.41. The molecule has 164 valence electrons. The topological polar surface area (TPSA) is 37.3 Å². The summed E-state index contributed by atoms with van der Waals surface area (Å²) >= 11 is 0. The maximum atomic E-state index is 13.1. The average Bonchev–Trinajstić information content (AvgIpc) is 3.04. The van der Waals surface area contributed by atoms with Crippen molar-refractivity contribution in [1.82, 2.24) is 0 Å². The number of benzene rings is 1. The molecule has 2 nitrogen and oxygen atoms in total. The van der Waals surface area contributed by atoms with Crippen LogP contribution in [0.1, 0.15) is 57.9 Å². The van der Waals surface area contributed by atoms with Crippen molar-refractivity contribution in [1.29, 1.82) is 0 Å². The molecule has 2 unspecified atom stereocenters. The van der Waals surface area contributed by atoms with E-state index >= 15 is 0 Å². The van der Waals surface area contributed by atoms with Crippen LogP contribution in [0.25, 0.3) is 0 Å². The van der Waals surface area contributed by atoms with Crippen LogP contribution in [0.2, 0.25) is 0 Å². The molecule has 3 fully saturated rings. The minimum absolute atomic E-state index is 0.145. The zero-order valence-electron chi connectivity index (χ0n) is 19.0. The number of fused-ring (bicyclic) bond motifs is 5. The van der Waals surface area contributed by atoms with Gasteiger partial charge in [0.25, 0.3) is 0 Å². The Labute approximate surface area is 187 Å². The van der Waals surface area contributed by atoms with Gasteiger partial charge in [0.05, 0.1) is 5.60 Å². The van der Waals surface area contributed by atoms with Crippen LogP contribution >= 0.6 is 0 Å². The van der Waals surface area contributed by atoms with Gasteiger partial charge in [-0.25, -0.2) is 0 Å². The first-order valence-corrected chi connectivity index (χ1v) is 12.2. The van der Waals surface area contributed by atoms with Gasteiger partial charge in [-0.05, 0) is 84.5 Å². The third-order valence-corrected chi connectivity index (χ3v) is 9.24. The van der Waals surface area contributed by atoms with Crippen molar-refractivity contribution in [3.63, 3.8) is 0 Å². The molecule has 1 aromatic rings. The molecule has 0 heterocycles. The highest BCUT2D eigenvalue weighted by Gasteiger charge is 2.59. The van der Waals surface area contributed by atoms with E-state index in [0.717, 1.165) is 32.1 Å². The predicted molar refractivity (Wildman–Crippen MR) is 125 cm³/mol. The predicted octanol–water partition coefficient (Wildman–Crippen LogP) is 6.07. The van der Waals surface area contributed by atoms with Crippen LogP contribution in [0, 0.1) is 35.0 Å². The summed E-state index contributed by atoms with van der Waals surface area (Å²) in [7, 11) is 0. The smallest absolute Gasteiger partial charge is 0.139 e. The maximum absolute atomic E-state index is 13.1. The number of rotatable bonds is 4. The molecule has 7 atom stereocenters. The second kappa shape index (κ2) is 7.59. The Bertz CT molecular complexity index is 941. The summed E-state index contributed by atoms with van der Waals surface area (Å²) < 4.78 is 0. The van der Waals surface area contributed by atoms with E-state index in [-0.39, 0.29) is 5.41 Å². The largest absolute Gasteiger partial charge is 0.385 e. The van der Waals surface area contributed by atoms with Crippen LogP contribution < -0.4 is 0 Å². The second-order valence-electron chi connectivity index (χ2n) is 11.0. The third kappa shape index (κ3) is 3.39. The first-order chi connectivity index (χ1) is 14.8. The lowest BCUT2D eigenvalue weighted by Gasteiger charge is -2.52. The van der Waals surface area contributed by atoms with Crippen molar-refractivity contribution in [2.24, 2.45) is 35.0 Å². The first-order valence-electron chi connectivity index (χ1n) is 12.2. The molecule has 0 amide bonds. The number of carbonyl (C=O) groups is 1. The van der Waals surface area contributed by atoms with Gasteiger partial charge in [0.15, 0.2) is 0 Å². The van der Waals surface area contributed by atoms with E-state index in [0.29, 0.717) is 48.2 Å². The van der Waals surface area contributed by atoms with E-state index in [1.807, 2.05) is 18.2 Å². The monoisotopic (exact) mass is 416 g/mol. The number of hydrogen-bond acceptors (Lipinski definition) is 2. The van der Waals surface area contributed by atoms with Gasteiger partial charge in [-0.1, -0.05) is 56.3 Å². The SMILES string of the molecule is C=CC(C)[C@@H]1CC(=O)[C@@]2(C)CC[C@@H]3C4=CCC(O)(Cc5ccccc5)C=C4CC[C@H]3[C@H]12. The molecule has 0 spiro atoms. The summed E-state index contributed by atoms with van der Waals surface area (Å²) in [6, 6.07) is 10.3.